The zero-order valence-corrected chi connectivity index (χ0v) is 15.2. The first kappa shape index (κ1) is 23.8. The molecule has 62 valence electrons. The monoisotopic (exact) mass is 236 g/mol. The van der Waals surface area contributed by atoms with Gasteiger partial charge in [0.15, 0.2) is 0 Å². The third kappa shape index (κ3) is 156. The van der Waals surface area contributed by atoms with Gasteiger partial charge in [0.1, 0.15) is 0 Å². The summed E-state index contributed by atoms with van der Waals surface area (Å²) in [5.41, 5.74) is 0. The molecule has 0 fully saturated rings. The van der Waals surface area contributed by atoms with Crippen LogP contribution >= 0.6 is 0 Å². The van der Waals surface area contributed by atoms with Gasteiger partial charge in [-0.1, -0.05) is 0 Å². The number of hydrogen-bond donors (Lipinski definition) is 2. The van der Waals surface area contributed by atoms with Crippen molar-refractivity contribution >= 4 is 11.4 Å². The molecule has 0 atom stereocenters. The van der Waals surface area contributed by atoms with Crippen molar-refractivity contribution in [3.63, 3.8) is 0 Å². The molecule has 0 unspecified atom stereocenters. The first-order valence-corrected chi connectivity index (χ1v) is 3.38. The Balaban J connectivity index is -0.0000000146. The van der Waals surface area contributed by atoms with Crippen LogP contribution in [0.3, 0.4) is 0 Å². The third-order valence-corrected chi connectivity index (χ3v) is 0. The molecule has 2 N–H and O–H groups in total. The van der Waals surface area contributed by atoms with E-state index >= 15 is 0 Å². The van der Waals surface area contributed by atoms with Crippen LogP contribution in [0.4, 0.5) is 0 Å². The van der Waals surface area contributed by atoms with Crippen molar-refractivity contribution < 1.29 is 123 Å². The quantitative estimate of drug-likeness (QED) is 0.250. The Hall–Kier alpha value is 3.30. The maximum absolute atomic E-state index is 8.67. The van der Waals surface area contributed by atoms with Crippen LogP contribution in [0.2, 0.25) is 0 Å². The molecule has 0 heterocycles. The largest absolute Gasteiger partial charge is 1.00 e. The van der Waals surface area contributed by atoms with E-state index in [2.05, 4.69) is 28.2 Å². The van der Waals surface area contributed by atoms with E-state index in [0.717, 1.165) is 4.48 Å². The minimum Gasteiger partial charge on any atom is -1.00 e. The van der Waals surface area contributed by atoms with Crippen LogP contribution in [0.1, 0.15) is 2.85 Å². The van der Waals surface area contributed by atoms with E-state index in [9.17, 15) is 0 Å². The van der Waals surface area contributed by atoms with Crippen molar-refractivity contribution in [3.05, 3.63) is 0 Å². The summed E-state index contributed by atoms with van der Waals surface area (Å²) < 4.78 is 23.8. The fourth-order valence-corrected chi connectivity index (χ4v) is 0. The zero-order chi connectivity index (χ0) is 8.08. The Bertz CT molecular complexity index is 93.9. The molecule has 0 saturated carbocycles. The standard InChI is InChI=1S/C4H12N.2K.H2O3S.2H/c1-5(2,3)4;;;1-4(2)3;;/h1-4H3;;;(H2,1,2,3);;/q3*+1;;2*-1. The molecule has 0 aliphatic heterocycles. The third-order valence-electron chi connectivity index (χ3n) is 0. The Morgan fingerprint density at radius 1 is 1.09 bits per heavy atom. The van der Waals surface area contributed by atoms with Crippen molar-refractivity contribution in [2.45, 2.75) is 0 Å². The van der Waals surface area contributed by atoms with E-state index in [-0.39, 0.29) is 106 Å². The molecular weight excluding hydrogens is 220 g/mol. The van der Waals surface area contributed by atoms with Gasteiger partial charge in [-0.2, -0.15) is 4.21 Å². The molecule has 0 amide bonds. The predicted octanol–water partition coefficient (Wildman–Crippen LogP) is -5.76. The van der Waals surface area contributed by atoms with Gasteiger partial charge in [0, 0.05) is 0 Å². The summed E-state index contributed by atoms with van der Waals surface area (Å²) in [7, 11) is 8.50. The van der Waals surface area contributed by atoms with Gasteiger partial charge in [-0.15, -0.1) is 0 Å². The van der Waals surface area contributed by atoms with Gasteiger partial charge in [-0.25, -0.2) is 0 Å². The molecule has 0 radical (unpaired) electrons. The molecule has 0 aromatic rings. The van der Waals surface area contributed by atoms with Crippen LogP contribution in [-0.2, 0) is 11.4 Å². The van der Waals surface area contributed by atoms with Gasteiger partial charge in [0.25, 0.3) is 11.4 Å². The summed E-state index contributed by atoms with van der Waals surface area (Å²) in [4.78, 5) is 0. The second-order valence-corrected chi connectivity index (χ2v) is 3.38. The fourth-order valence-electron chi connectivity index (χ4n) is 0. The average Bonchev–Trinajstić information content (AvgIpc) is 1.19. The molecule has 0 saturated heterocycles. The van der Waals surface area contributed by atoms with E-state index in [4.69, 9.17) is 13.3 Å². The van der Waals surface area contributed by atoms with Crippen molar-refractivity contribution in [2.24, 2.45) is 0 Å². The molecule has 7 heteroatoms. The summed E-state index contributed by atoms with van der Waals surface area (Å²) in [6.45, 7) is 0. The van der Waals surface area contributed by atoms with Crippen molar-refractivity contribution in [3.8, 4) is 0 Å². The number of nitrogens with zero attached hydrogens (tertiary/aromatic N) is 1. The van der Waals surface area contributed by atoms with Crippen LogP contribution in [-0.4, -0.2) is 46.0 Å². The average molecular weight is 236 g/mol. The predicted molar refractivity (Wildman–Crippen MR) is 39.6 cm³/mol. The van der Waals surface area contributed by atoms with Gasteiger partial charge >= 0.3 is 103 Å². The summed E-state index contributed by atoms with van der Waals surface area (Å²) in [5.74, 6) is 0. The summed E-state index contributed by atoms with van der Waals surface area (Å²) in [6, 6.07) is 0. The van der Waals surface area contributed by atoms with Crippen LogP contribution in [0.15, 0.2) is 0 Å². The van der Waals surface area contributed by atoms with Crippen LogP contribution in [0, 0.1) is 0 Å². The van der Waals surface area contributed by atoms with Crippen molar-refractivity contribution in [1.29, 1.82) is 0 Å². The van der Waals surface area contributed by atoms with Gasteiger partial charge in [-0.3, -0.25) is 9.11 Å². The van der Waals surface area contributed by atoms with Gasteiger partial charge in [0.05, 0.1) is 28.2 Å². The number of rotatable bonds is 0. The molecule has 0 aromatic heterocycles. The molecule has 0 aliphatic carbocycles. The SMILES string of the molecule is C[N+](C)(C)C.O=S(O)O.[H-].[H-].[K+].[K+]. The Kier molecular flexibility index (Phi) is 28.8. The zero-order valence-electron chi connectivity index (χ0n) is 10.2. The van der Waals surface area contributed by atoms with E-state index in [1.807, 2.05) is 0 Å². The number of quaternary nitrogens is 1. The molecule has 0 bridgehead atoms. The normalized spacial score (nSPS) is 8.64. The minimum atomic E-state index is -2.61. The molecule has 0 spiro atoms. The smallest absolute Gasteiger partial charge is 1.00 e. The molecule has 0 aliphatic rings. The molecule has 4 nitrogen and oxygen atoms in total. The second kappa shape index (κ2) is 13.3. The summed E-state index contributed by atoms with van der Waals surface area (Å²) in [5, 5.41) is 0. The number of hydrogen-bond acceptors (Lipinski definition) is 1. The van der Waals surface area contributed by atoms with Crippen LogP contribution in [0.25, 0.3) is 0 Å². The van der Waals surface area contributed by atoms with Crippen molar-refractivity contribution in [2.75, 3.05) is 28.2 Å². The maximum Gasteiger partial charge on any atom is 1.00 e. The van der Waals surface area contributed by atoms with Crippen LogP contribution < -0.4 is 103 Å². The Morgan fingerprint density at radius 3 is 1.09 bits per heavy atom. The Labute approximate surface area is 159 Å². The van der Waals surface area contributed by atoms with Gasteiger partial charge in [0.2, 0.25) is 0 Å². The molecular formula is C4H16K2NO3S+. The van der Waals surface area contributed by atoms with Crippen LogP contribution in [0.5, 0.6) is 0 Å². The minimum absolute atomic E-state index is 0. The van der Waals surface area contributed by atoms with Gasteiger partial charge in [-0.05, 0) is 0 Å². The maximum atomic E-state index is 8.67. The second-order valence-electron chi connectivity index (χ2n) is 2.91. The molecule has 11 heavy (non-hydrogen) atoms. The van der Waals surface area contributed by atoms with E-state index in [1.165, 1.54) is 0 Å². The van der Waals surface area contributed by atoms with E-state index < -0.39 is 11.4 Å². The van der Waals surface area contributed by atoms with E-state index in [0.29, 0.717) is 0 Å². The molecule has 0 rings (SSSR count). The fraction of sp³-hybridized carbons (Fsp3) is 1.00. The van der Waals surface area contributed by atoms with Crippen molar-refractivity contribution in [1.82, 2.24) is 0 Å². The first-order valence-electron chi connectivity index (χ1n) is 2.32. The first-order chi connectivity index (χ1) is 3.73. The summed E-state index contributed by atoms with van der Waals surface area (Å²) in [6.07, 6.45) is 0. The summed E-state index contributed by atoms with van der Waals surface area (Å²) >= 11 is -2.61. The van der Waals surface area contributed by atoms with Gasteiger partial charge < -0.3 is 7.34 Å². The van der Waals surface area contributed by atoms with E-state index in [1.54, 1.807) is 0 Å². The topological polar surface area (TPSA) is 57.5 Å². The molecule has 0 aromatic carbocycles. The Morgan fingerprint density at radius 2 is 1.09 bits per heavy atom.